The van der Waals surface area contributed by atoms with Crippen LogP contribution in [0.1, 0.15) is 26.5 Å². The molecule has 1 aromatic heterocycles. The van der Waals surface area contributed by atoms with Crippen LogP contribution in [0.15, 0.2) is 15.6 Å². The van der Waals surface area contributed by atoms with Crippen molar-refractivity contribution in [3.63, 3.8) is 0 Å². The average Bonchev–Trinajstić information content (AvgIpc) is 2.74. The van der Waals surface area contributed by atoms with E-state index in [4.69, 9.17) is 4.52 Å². The number of thioether (sulfide) groups is 1. The lowest BCUT2D eigenvalue weighted by Gasteiger charge is -2.11. The van der Waals surface area contributed by atoms with Crippen molar-refractivity contribution >= 4 is 28.7 Å². The molecule has 0 spiro atoms. The summed E-state index contributed by atoms with van der Waals surface area (Å²) in [5.41, 5.74) is -0.0858. The highest BCUT2D eigenvalue weighted by Crippen LogP contribution is 2.26. The van der Waals surface area contributed by atoms with Crippen molar-refractivity contribution in [1.82, 2.24) is 10.5 Å². The monoisotopic (exact) mass is 239 g/mol. The molecule has 0 radical (unpaired) electrons. The number of carbonyl (C=O) groups excluding carboxylic acids is 1. The van der Waals surface area contributed by atoms with Gasteiger partial charge in [0.15, 0.2) is 11.0 Å². The second kappa shape index (κ2) is 3.93. The molecule has 6 heteroatoms. The van der Waals surface area contributed by atoms with Crippen LogP contribution in [0.3, 0.4) is 0 Å². The maximum Gasteiger partial charge on any atom is 0.236 e. The molecule has 2 rings (SSSR count). The molecule has 1 aliphatic rings. The summed E-state index contributed by atoms with van der Waals surface area (Å²) in [7, 11) is 0. The summed E-state index contributed by atoms with van der Waals surface area (Å²) < 4.78 is 5.19. The topological polar surface area (TPSA) is 67.5 Å². The SMILES string of the molecule is CC(C)(C)c1cc(N=C2NC(=O)CS2)no1. The minimum Gasteiger partial charge on any atom is -0.359 e. The molecule has 0 atom stereocenters. The Balaban J connectivity index is 2.17. The summed E-state index contributed by atoms with van der Waals surface area (Å²) >= 11 is 1.37. The van der Waals surface area contributed by atoms with Gasteiger partial charge in [-0.2, -0.15) is 0 Å². The number of rotatable bonds is 1. The van der Waals surface area contributed by atoms with Gasteiger partial charge >= 0.3 is 0 Å². The zero-order valence-electron chi connectivity index (χ0n) is 9.40. The molecule has 0 aliphatic carbocycles. The summed E-state index contributed by atoms with van der Waals surface area (Å²) in [6, 6.07) is 1.79. The first-order chi connectivity index (χ1) is 7.45. The van der Waals surface area contributed by atoms with Crippen molar-refractivity contribution in [1.29, 1.82) is 0 Å². The van der Waals surface area contributed by atoms with Crippen LogP contribution in [0.4, 0.5) is 5.82 Å². The molecular formula is C10H13N3O2S. The molecule has 0 aromatic carbocycles. The van der Waals surface area contributed by atoms with Crippen molar-refractivity contribution < 1.29 is 9.32 Å². The van der Waals surface area contributed by atoms with Gasteiger partial charge in [-0.15, -0.1) is 0 Å². The number of aliphatic imine (C=N–C) groups is 1. The van der Waals surface area contributed by atoms with Crippen molar-refractivity contribution in [2.45, 2.75) is 26.2 Å². The summed E-state index contributed by atoms with van der Waals surface area (Å²) in [5.74, 6) is 1.67. The highest BCUT2D eigenvalue weighted by Gasteiger charge is 2.21. The predicted molar refractivity (Wildman–Crippen MR) is 62.9 cm³/mol. The fourth-order valence-electron chi connectivity index (χ4n) is 1.16. The maximum atomic E-state index is 11.0. The number of amides is 1. The van der Waals surface area contributed by atoms with Crippen LogP contribution in [0.25, 0.3) is 0 Å². The third-order valence-electron chi connectivity index (χ3n) is 2.04. The Bertz CT molecular complexity index is 445. The van der Waals surface area contributed by atoms with Gasteiger partial charge in [0.05, 0.1) is 5.75 Å². The zero-order valence-corrected chi connectivity index (χ0v) is 10.2. The van der Waals surface area contributed by atoms with Gasteiger partial charge in [-0.05, 0) is 0 Å². The molecule has 0 bridgehead atoms. The average molecular weight is 239 g/mol. The van der Waals surface area contributed by atoms with E-state index in [1.807, 2.05) is 20.8 Å². The van der Waals surface area contributed by atoms with E-state index < -0.39 is 0 Å². The second-order valence-corrected chi connectivity index (χ2v) is 5.52. The van der Waals surface area contributed by atoms with E-state index in [-0.39, 0.29) is 11.3 Å². The summed E-state index contributed by atoms with van der Waals surface area (Å²) in [6.07, 6.45) is 0. The van der Waals surface area contributed by atoms with Gasteiger partial charge in [0.2, 0.25) is 5.91 Å². The molecule has 0 unspecified atom stereocenters. The third kappa shape index (κ3) is 2.44. The van der Waals surface area contributed by atoms with E-state index >= 15 is 0 Å². The number of aromatic nitrogens is 1. The Morgan fingerprint density at radius 2 is 2.31 bits per heavy atom. The number of nitrogens with zero attached hydrogens (tertiary/aromatic N) is 2. The number of hydrogen-bond donors (Lipinski definition) is 1. The molecule has 2 heterocycles. The van der Waals surface area contributed by atoms with E-state index in [1.165, 1.54) is 11.8 Å². The highest BCUT2D eigenvalue weighted by atomic mass is 32.2. The lowest BCUT2D eigenvalue weighted by atomic mass is 9.93. The molecule has 1 fully saturated rings. The van der Waals surface area contributed by atoms with Crippen LogP contribution in [-0.2, 0) is 10.2 Å². The summed E-state index contributed by atoms with van der Waals surface area (Å²) in [6.45, 7) is 6.11. The molecule has 1 amide bonds. The van der Waals surface area contributed by atoms with E-state index in [9.17, 15) is 4.79 Å². The normalized spacial score (nSPS) is 19.2. The molecule has 1 aromatic rings. The first-order valence-corrected chi connectivity index (χ1v) is 5.92. The molecule has 5 nitrogen and oxygen atoms in total. The van der Waals surface area contributed by atoms with Crippen LogP contribution < -0.4 is 5.32 Å². The standard InChI is InChI=1S/C10H13N3O2S/c1-10(2,3)6-4-7(13-15-6)11-9-12-8(14)5-16-9/h4H,5H2,1-3H3,(H,11,12,13,14). The van der Waals surface area contributed by atoms with E-state index in [1.54, 1.807) is 6.07 Å². The number of nitrogens with one attached hydrogen (secondary N) is 1. The largest absolute Gasteiger partial charge is 0.359 e. The molecule has 1 N–H and O–H groups in total. The minimum absolute atomic E-state index is 0.0247. The van der Waals surface area contributed by atoms with E-state index in [0.29, 0.717) is 16.7 Å². The Hall–Kier alpha value is -1.30. The Morgan fingerprint density at radius 3 is 2.81 bits per heavy atom. The molecule has 1 saturated heterocycles. The second-order valence-electron chi connectivity index (χ2n) is 4.55. The zero-order chi connectivity index (χ0) is 11.8. The fraction of sp³-hybridized carbons (Fsp3) is 0.500. The lowest BCUT2D eigenvalue weighted by molar-refractivity contribution is -0.116. The Labute approximate surface area is 97.7 Å². The number of amidine groups is 1. The van der Waals surface area contributed by atoms with Crippen molar-refractivity contribution in [2.24, 2.45) is 4.99 Å². The molecular weight excluding hydrogens is 226 g/mol. The maximum absolute atomic E-state index is 11.0. The van der Waals surface area contributed by atoms with E-state index in [0.717, 1.165) is 5.76 Å². The fourth-order valence-corrected chi connectivity index (χ4v) is 1.85. The molecule has 1 aliphatic heterocycles. The number of hydrogen-bond acceptors (Lipinski definition) is 5. The van der Waals surface area contributed by atoms with Crippen LogP contribution in [-0.4, -0.2) is 22.0 Å². The van der Waals surface area contributed by atoms with Gasteiger partial charge in [-0.3, -0.25) is 4.79 Å². The first-order valence-electron chi connectivity index (χ1n) is 4.94. The Morgan fingerprint density at radius 1 is 1.56 bits per heavy atom. The quantitative estimate of drug-likeness (QED) is 0.811. The minimum atomic E-state index is -0.0858. The van der Waals surface area contributed by atoms with Crippen molar-refractivity contribution in [3.8, 4) is 0 Å². The molecule has 0 saturated carbocycles. The van der Waals surface area contributed by atoms with Gasteiger partial charge in [0, 0.05) is 11.5 Å². The van der Waals surface area contributed by atoms with Crippen LogP contribution in [0.5, 0.6) is 0 Å². The van der Waals surface area contributed by atoms with Crippen molar-refractivity contribution in [2.75, 3.05) is 5.75 Å². The molecule has 86 valence electrons. The van der Waals surface area contributed by atoms with Crippen LogP contribution in [0, 0.1) is 0 Å². The lowest BCUT2D eigenvalue weighted by Crippen LogP contribution is -2.19. The van der Waals surface area contributed by atoms with E-state index in [2.05, 4.69) is 15.5 Å². The summed E-state index contributed by atoms with van der Waals surface area (Å²) in [4.78, 5) is 15.1. The van der Waals surface area contributed by atoms with Crippen LogP contribution in [0.2, 0.25) is 0 Å². The molecule has 16 heavy (non-hydrogen) atoms. The van der Waals surface area contributed by atoms with Gasteiger partial charge in [0.25, 0.3) is 0 Å². The van der Waals surface area contributed by atoms with Gasteiger partial charge in [0.1, 0.15) is 5.76 Å². The highest BCUT2D eigenvalue weighted by molar-refractivity contribution is 8.15. The smallest absolute Gasteiger partial charge is 0.236 e. The van der Waals surface area contributed by atoms with Gasteiger partial charge in [-0.25, -0.2) is 4.99 Å². The van der Waals surface area contributed by atoms with Crippen molar-refractivity contribution in [3.05, 3.63) is 11.8 Å². The number of carbonyl (C=O) groups is 1. The van der Waals surface area contributed by atoms with Crippen LogP contribution >= 0.6 is 11.8 Å². The first kappa shape index (κ1) is 11.2. The van der Waals surface area contributed by atoms with Gasteiger partial charge < -0.3 is 9.84 Å². The predicted octanol–water partition coefficient (Wildman–Crippen LogP) is 1.82. The third-order valence-corrected chi connectivity index (χ3v) is 2.91. The summed E-state index contributed by atoms with van der Waals surface area (Å²) in [5, 5.41) is 7.07. The Kier molecular flexibility index (Phi) is 2.75. The van der Waals surface area contributed by atoms with Gasteiger partial charge in [-0.1, -0.05) is 37.7 Å².